The second kappa shape index (κ2) is 58.1. The summed E-state index contributed by atoms with van der Waals surface area (Å²) in [5.41, 5.74) is 19.2. The Kier molecular flexibility index (Phi) is 43.2. The van der Waals surface area contributed by atoms with E-state index in [9.17, 15) is 28.8 Å². The zero-order valence-electron chi connectivity index (χ0n) is 88.2. The molecule has 15 aromatic carbocycles. The van der Waals surface area contributed by atoms with Crippen LogP contribution in [0.1, 0.15) is 217 Å². The van der Waals surface area contributed by atoms with Gasteiger partial charge in [-0.3, -0.25) is 0 Å². The SMILES string of the molecule is Cc1ccc(C(=O)Oc2ccc(OC(=O)c3ccc(C)cc3)cc2)cc1.Cc1ccc(COC2CCC(OCc3ccc(C)cc3)CC2)cc1.Cc1ccc(OC(=O)c2ccc(C(=O)Oc3ccc(C)cc3)cc2)cc1.Cc1ccc(OC(=O)c2ccc(OC(=O)c3ccc(C)cc3)cc2)cc1.Cc1ccc(OCC2CCC(COc3ccc(C)cc3)CC2)cc1.Cc1ccc(OCC2CCC(COc3ccc(C)cc3)CC2)cc1. The molecule has 0 atom stereocenters. The molecule has 0 aliphatic heterocycles. The van der Waals surface area contributed by atoms with Crippen LogP contribution in [0.4, 0.5) is 0 Å². The maximum Gasteiger partial charge on any atom is 0.343 e. The summed E-state index contributed by atoms with van der Waals surface area (Å²) in [6.45, 7) is 29.2. The lowest BCUT2D eigenvalue weighted by Gasteiger charge is -2.28. The average molecular weight is 2010 g/mol. The van der Waals surface area contributed by atoms with E-state index >= 15 is 0 Å². The first kappa shape index (κ1) is 111. The van der Waals surface area contributed by atoms with Crippen LogP contribution < -0.4 is 47.4 Å². The Bertz CT molecular complexity index is 6050. The summed E-state index contributed by atoms with van der Waals surface area (Å²) in [6, 6.07) is 112. The Hall–Kier alpha value is -15.8. The lowest BCUT2D eigenvalue weighted by atomic mass is 9.83. The minimum Gasteiger partial charge on any atom is -0.493 e. The van der Waals surface area contributed by atoms with E-state index in [0.717, 1.165) is 122 Å². The minimum atomic E-state index is -0.479. The Morgan fingerprint density at radius 1 is 0.167 bits per heavy atom. The van der Waals surface area contributed by atoms with Crippen LogP contribution in [-0.4, -0.2) is 74.5 Å². The molecule has 150 heavy (non-hydrogen) atoms. The summed E-state index contributed by atoms with van der Waals surface area (Å²) >= 11 is 0. The van der Waals surface area contributed by atoms with E-state index in [0.29, 0.717) is 104 Å². The molecule has 0 spiro atoms. The van der Waals surface area contributed by atoms with Gasteiger partial charge >= 0.3 is 35.8 Å². The molecular weight excluding hydrogens is 1870 g/mol. The lowest BCUT2D eigenvalue weighted by molar-refractivity contribution is -0.0419. The fraction of sp³-hybridized carbons (Fsp3) is 0.273. The van der Waals surface area contributed by atoms with Gasteiger partial charge in [0.2, 0.25) is 0 Å². The van der Waals surface area contributed by atoms with E-state index in [1.54, 1.807) is 146 Å². The Labute approximate surface area is 884 Å². The molecule has 18 nitrogen and oxygen atoms in total. The van der Waals surface area contributed by atoms with Crippen LogP contribution in [0.15, 0.2) is 364 Å². The van der Waals surface area contributed by atoms with Gasteiger partial charge in [-0.1, -0.05) is 237 Å². The summed E-state index contributed by atoms with van der Waals surface area (Å²) in [4.78, 5) is 72.8. The summed E-state index contributed by atoms with van der Waals surface area (Å²) in [5.74, 6) is 6.51. The Morgan fingerprint density at radius 2 is 0.293 bits per heavy atom. The zero-order valence-corrected chi connectivity index (χ0v) is 88.2. The van der Waals surface area contributed by atoms with Crippen molar-refractivity contribution in [2.24, 2.45) is 23.7 Å². The number of hydrogen-bond donors (Lipinski definition) is 0. The number of esters is 6. The normalized spacial score (nSPS) is 15.3. The minimum absolute atomic E-state index is 0.359. The molecule has 0 bridgehead atoms. The van der Waals surface area contributed by atoms with Crippen molar-refractivity contribution in [2.45, 2.75) is 186 Å². The van der Waals surface area contributed by atoms with Crippen molar-refractivity contribution in [3.63, 3.8) is 0 Å². The van der Waals surface area contributed by atoms with Gasteiger partial charge in [0.05, 0.1) is 85.2 Å². The Morgan fingerprint density at radius 3 is 0.467 bits per heavy atom. The predicted octanol–water partition coefficient (Wildman–Crippen LogP) is 30.7. The molecule has 774 valence electrons. The van der Waals surface area contributed by atoms with Gasteiger partial charge < -0.3 is 56.8 Å². The van der Waals surface area contributed by atoms with Crippen molar-refractivity contribution >= 4 is 35.8 Å². The van der Waals surface area contributed by atoms with E-state index in [1.807, 2.05) is 114 Å². The number of hydrogen-bond acceptors (Lipinski definition) is 18. The van der Waals surface area contributed by atoms with Crippen molar-refractivity contribution in [2.75, 3.05) is 26.4 Å². The molecule has 18 heteroatoms. The predicted molar refractivity (Wildman–Crippen MR) is 592 cm³/mol. The molecule has 0 saturated heterocycles. The van der Waals surface area contributed by atoms with Crippen LogP contribution in [0.3, 0.4) is 0 Å². The van der Waals surface area contributed by atoms with E-state index in [4.69, 9.17) is 56.8 Å². The third-order valence-electron chi connectivity index (χ3n) is 26.3. The molecule has 0 aromatic heterocycles. The van der Waals surface area contributed by atoms with Gasteiger partial charge in [0, 0.05) is 0 Å². The van der Waals surface area contributed by atoms with Crippen LogP contribution in [0, 0.1) is 107 Å². The first-order chi connectivity index (χ1) is 72.6. The largest absolute Gasteiger partial charge is 0.493 e. The molecule has 0 radical (unpaired) electrons. The van der Waals surface area contributed by atoms with Crippen molar-refractivity contribution in [1.82, 2.24) is 0 Å². The first-order valence-corrected chi connectivity index (χ1v) is 51.8. The van der Waals surface area contributed by atoms with Crippen molar-refractivity contribution in [1.29, 1.82) is 0 Å². The molecule has 3 aliphatic carbocycles. The number of carbonyl (C=O) groups is 6. The second-order valence-electron chi connectivity index (χ2n) is 39.2. The highest BCUT2D eigenvalue weighted by molar-refractivity contribution is 5.96. The van der Waals surface area contributed by atoms with Crippen molar-refractivity contribution in [3.05, 3.63) is 475 Å². The van der Waals surface area contributed by atoms with Gasteiger partial charge in [-0.15, -0.1) is 0 Å². The van der Waals surface area contributed by atoms with Crippen LogP contribution >= 0.6 is 0 Å². The molecular formula is C132H138O18. The highest BCUT2D eigenvalue weighted by atomic mass is 16.6. The monoisotopic (exact) mass is 2010 g/mol. The summed E-state index contributed by atoms with van der Waals surface area (Å²) < 4.78 is 67.8. The fourth-order valence-electron chi connectivity index (χ4n) is 16.5. The van der Waals surface area contributed by atoms with E-state index in [-0.39, 0.29) is 0 Å². The lowest BCUT2D eigenvalue weighted by Crippen LogP contribution is -2.26. The summed E-state index contributed by atoms with van der Waals surface area (Å²) in [7, 11) is 0. The molecule has 3 saturated carbocycles. The van der Waals surface area contributed by atoms with E-state index in [2.05, 4.69) is 187 Å². The molecule has 3 aliphatic rings. The molecule has 3 fully saturated rings. The fourth-order valence-corrected chi connectivity index (χ4v) is 16.5. The van der Waals surface area contributed by atoms with Gasteiger partial charge in [0.15, 0.2) is 0 Å². The number of carbonyl (C=O) groups excluding carboxylic acids is 6. The molecule has 15 aromatic rings. The summed E-state index contributed by atoms with van der Waals surface area (Å²) in [6.07, 6.45) is 15.1. The average Bonchev–Trinajstić information content (AvgIpc) is 0.829. The van der Waals surface area contributed by atoms with Gasteiger partial charge in [-0.05, 0) is 389 Å². The van der Waals surface area contributed by atoms with Gasteiger partial charge in [-0.25, -0.2) is 28.8 Å². The molecule has 0 amide bonds. The standard InChI is InChI=1S/3C22H18O4.3C22H28O2/c1-15-3-11-19(12-4-15)25-21(23)17-7-9-18(10-8-17)22(24)26-20-13-5-16(2)6-14-20;1-15-3-7-17(8-4-15)21(23)26-20-13-9-18(10-14-20)22(24)25-19-11-5-16(2)6-12-19;1-15-3-7-17(8-4-15)21(23)25-19-11-13-20(14-12-19)26-22(24)18-9-5-16(2)6-10-18;2*1-17-3-11-21(12-4-17)23-15-19-7-9-20(10-8-19)16-24-22-13-5-18(2)6-14-22;1-17-3-7-19(8-4-17)15-23-21-11-13-22(14-12-21)24-16-20-9-5-18(2)6-10-20/h3*3-14H,1-2H3;2*3-6,11-14,19-20H,7-10,15-16H2,1-2H3;3-10,21-22H,11-16H2,1-2H3. The number of ether oxygens (including phenoxy) is 12. The third kappa shape index (κ3) is 38.8. The first-order valence-electron chi connectivity index (χ1n) is 51.8. The van der Waals surface area contributed by atoms with Crippen LogP contribution in [-0.2, 0) is 22.7 Å². The van der Waals surface area contributed by atoms with Crippen LogP contribution in [0.5, 0.6) is 57.5 Å². The second-order valence-corrected chi connectivity index (χ2v) is 39.2. The van der Waals surface area contributed by atoms with E-state index in [1.165, 1.54) is 95.9 Å². The van der Waals surface area contributed by atoms with Crippen molar-refractivity contribution in [3.8, 4) is 57.5 Å². The van der Waals surface area contributed by atoms with Gasteiger partial charge in [0.1, 0.15) is 57.5 Å². The molecule has 0 N–H and O–H groups in total. The highest BCUT2D eigenvalue weighted by Crippen LogP contribution is 2.35. The molecule has 0 heterocycles. The summed E-state index contributed by atoms with van der Waals surface area (Å²) in [5, 5.41) is 0. The molecule has 18 rings (SSSR count). The number of rotatable bonds is 30. The zero-order chi connectivity index (χ0) is 106. The van der Waals surface area contributed by atoms with Crippen LogP contribution in [0.2, 0.25) is 0 Å². The topological polar surface area (TPSA) is 213 Å². The highest BCUT2D eigenvalue weighted by Gasteiger charge is 2.27. The third-order valence-corrected chi connectivity index (χ3v) is 26.3. The van der Waals surface area contributed by atoms with Gasteiger partial charge in [0.25, 0.3) is 0 Å². The maximum atomic E-state index is 12.2. The Balaban J connectivity index is 0.000000150. The quantitative estimate of drug-likeness (QED) is 0.0302. The van der Waals surface area contributed by atoms with Gasteiger partial charge in [-0.2, -0.15) is 0 Å². The number of aryl methyl sites for hydroxylation is 12. The smallest absolute Gasteiger partial charge is 0.343 e. The molecule has 0 unspecified atom stereocenters. The van der Waals surface area contributed by atoms with E-state index < -0.39 is 35.8 Å². The van der Waals surface area contributed by atoms with Crippen LogP contribution in [0.25, 0.3) is 0 Å². The van der Waals surface area contributed by atoms with Crippen molar-refractivity contribution < 1.29 is 85.6 Å². The maximum absolute atomic E-state index is 12.2. The number of benzene rings is 15.